The maximum absolute atomic E-state index is 12.7. The van der Waals surface area contributed by atoms with E-state index in [1.165, 1.54) is 6.07 Å². The zero-order valence-electron chi connectivity index (χ0n) is 11.0. The number of nitrogens with two attached hydrogens (primary N) is 1. The first-order valence-electron chi connectivity index (χ1n) is 6.53. The predicted octanol–water partition coefficient (Wildman–Crippen LogP) is 2.88. The summed E-state index contributed by atoms with van der Waals surface area (Å²) in [4.78, 5) is 0.125. The molecule has 2 N–H and O–H groups in total. The van der Waals surface area contributed by atoms with E-state index in [4.69, 9.17) is 17.3 Å². The first-order chi connectivity index (χ1) is 8.96. The highest BCUT2D eigenvalue weighted by Crippen LogP contribution is 2.31. The van der Waals surface area contributed by atoms with Crippen molar-refractivity contribution in [2.75, 3.05) is 12.3 Å². The van der Waals surface area contributed by atoms with Crippen molar-refractivity contribution in [1.82, 2.24) is 4.31 Å². The number of halogens is 1. The summed E-state index contributed by atoms with van der Waals surface area (Å²) in [6.45, 7) is 2.58. The SMILES string of the molecule is CCC1CCCCN1S(=O)(=O)c1cc(Cl)ccc1N. The zero-order chi connectivity index (χ0) is 14.0. The van der Waals surface area contributed by atoms with Crippen LogP contribution in [0.4, 0.5) is 5.69 Å². The summed E-state index contributed by atoms with van der Waals surface area (Å²) >= 11 is 5.89. The third-order valence-corrected chi connectivity index (χ3v) is 5.85. The average Bonchev–Trinajstić information content (AvgIpc) is 2.41. The fourth-order valence-corrected chi connectivity index (χ4v) is 4.70. The van der Waals surface area contributed by atoms with Gasteiger partial charge in [-0.2, -0.15) is 4.31 Å². The molecule has 6 heteroatoms. The summed E-state index contributed by atoms with van der Waals surface area (Å²) in [7, 11) is -3.55. The lowest BCUT2D eigenvalue weighted by Gasteiger charge is -2.34. The summed E-state index contributed by atoms with van der Waals surface area (Å²) in [6, 6.07) is 4.65. The van der Waals surface area contributed by atoms with Gasteiger partial charge in [0.05, 0.1) is 5.69 Å². The first kappa shape index (κ1) is 14.6. The molecule has 106 valence electrons. The second-order valence-corrected chi connectivity index (χ2v) is 7.15. The van der Waals surface area contributed by atoms with Gasteiger partial charge in [0.1, 0.15) is 4.90 Å². The van der Waals surface area contributed by atoms with Gasteiger partial charge in [-0.15, -0.1) is 0 Å². The normalized spacial score (nSPS) is 21.5. The lowest BCUT2D eigenvalue weighted by Crippen LogP contribution is -2.43. The molecule has 0 aromatic heterocycles. The Kier molecular flexibility index (Phi) is 4.38. The van der Waals surface area contributed by atoms with Gasteiger partial charge in [0.15, 0.2) is 0 Å². The van der Waals surface area contributed by atoms with Crippen molar-refractivity contribution in [3.8, 4) is 0 Å². The molecule has 0 amide bonds. The molecule has 19 heavy (non-hydrogen) atoms. The van der Waals surface area contributed by atoms with Crippen molar-refractivity contribution >= 4 is 27.3 Å². The van der Waals surface area contributed by atoms with Crippen molar-refractivity contribution in [3.63, 3.8) is 0 Å². The minimum absolute atomic E-state index is 0.0668. The van der Waals surface area contributed by atoms with Crippen LogP contribution in [-0.4, -0.2) is 25.3 Å². The third kappa shape index (κ3) is 2.88. The fourth-order valence-electron chi connectivity index (χ4n) is 2.56. The van der Waals surface area contributed by atoms with Gasteiger partial charge in [0.2, 0.25) is 10.0 Å². The lowest BCUT2D eigenvalue weighted by atomic mass is 10.0. The number of nitrogens with zero attached hydrogens (tertiary/aromatic N) is 1. The molecule has 1 aromatic rings. The molecule has 0 radical (unpaired) electrons. The third-order valence-electron chi connectivity index (χ3n) is 3.61. The Morgan fingerprint density at radius 2 is 2.16 bits per heavy atom. The molecular weight excluding hydrogens is 284 g/mol. The Morgan fingerprint density at radius 3 is 2.84 bits per heavy atom. The van der Waals surface area contributed by atoms with Gasteiger partial charge in [-0.1, -0.05) is 24.9 Å². The van der Waals surface area contributed by atoms with Crippen molar-refractivity contribution in [2.24, 2.45) is 0 Å². The number of sulfonamides is 1. The molecule has 1 atom stereocenters. The quantitative estimate of drug-likeness (QED) is 0.873. The predicted molar refractivity (Wildman–Crippen MR) is 77.7 cm³/mol. The number of anilines is 1. The van der Waals surface area contributed by atoms with Crippen LogP contribution in [0.15, 0.2) is 23.1 Å². The zero-order valence-corrected chi connectivity index (χ0v) is 12.5. The van der Waals surface area contributed by atoms with E-state index in [1.807, 2.05) is 6.92 Å². The minimum Gasteiger partial charge on any atom is -0.398 e. The molecule has 1 fully saturated rings. The van der Waals surface area contributed by atoms with Crippen LogP contribution in [0, 0.1) is 0 Å². The molecule has 0 bridgehead atoms. The Hall–Kier alpha value is -0.780. The van der Waals surface area contributed by atoms with Gasteiger partial charge < -0.3 is 5.73 Å². The Labute approximate surface area is 119 Å². The van der Waals surface area contributed by atoms with E-state index >= 15 is 0 Å². The van der Waals surface area contributed by atoms with Crippen molar-refractivity contribution < 1.29 is 8.42 Å². The molecule has 0 spiro atoms. The van der Waals surface area contributed by atoms with E-state index in [0.717, 1.165) is 25.7 Å². The molecule has 1 unspecified atom stereocenters. The maximum Gasteiger partial charge on any atom is 0.245 e. The van der Waals surface area contributed by atoms with Crippen molar-refractivity contribution in [2.45, 2.75) is 43.5 Å². The summed E-state index contributed by atoms with van der Waals surface area (Å²) in [5.41, 5.74) is 6.06. The summed E-state index contributed by atoms with van der Waals surface area (Å²) in [6.07, 6.45) is 3.71. The van der Waals surface area contributed by atoms with Gasteiger partial charge in [-0.3, -0.25) is 0 Å². The highest BCUT2D eigenvalue weighted by molar-refractivity contribution is 7.89. The summed E-state index contributed by atoms with van der Waals surface area (Å²) in [5, 5.41) is 0.387. The maximum atomic E-state index is 12.7. The van der Waals surface area contributed by atoms with Gasteiger partial charge in [0, 0.05) is 17.6 Å². The number of rotatable bonds is 3. The molecule has 0 saturated carbocycles. The minimum atomic E-state index is -3.55. The Bertz CT molecular complexity index is 560. The van der Waals surface area contributed by atoms with Crippen LogP contribution in [0.2, 0.25) is 5.02 Å². The first-order valence-corrected chi connectivity index (χ1v) is 8.35. The fraction of sp³-hybridized carbons (Fsp3) is 0.538. The van der Waals surface area contributed by atoms with Crippen LogP contribution in [0.25, 0.3) is 0 Å². The molecule has 1 heterocycles. The number of piperidine rings is 1. The largest absolute Gasteiger partial charge is 0.398 e. The summed E-state index contributed by atoms with van der Waals surface area (Å²) < 4.78 is 27.0. The molecular formula is C13H19ClN2O2S. The van der Waals surface area contributed by atoms with Gasteiger partial charge in [-0.25, -0.2) is 8.42 Å². The Balaban J connectivity index is 2.43. The topological polar surface area (TPSA) is 63.4 Å². The number of hydrogen-bond donors (Lipinski definition) is 1. The highest BCUT2D eigenvalue weighted by Gasteiger charge is 2.33. The number of nitrogen functional groups attached to an aromatic ring is 1. The second kappa shape index (κ2) is 5.69. The second-order valence-electron chi connectivity index (χ2n) is 4.86. The molecule has 1 saturated heterocycles. The van der Waals surface area contributed by atoms with Gasteiger partial charge in [-0.05, 0) is 37.5 Å². The summed E-state index contributed by atoms with van der Waals surface area (Å²) in [5.74, 6) is 0. The van der Waals surface area contributed by atoms with Crippen LogP contribution in [0.5, 0.6) is 0 Å². The lowest BCUT2D eigenvalue weighted by molar-refractivity contribution is 0.247. The van der Waals surface area contributed by atoms with Crippen LogP contribution in [0.3, 0.4) is 0 Å². The molecule has 0 aliphatic carbocycles. The van der Waals surface area contributed by atoms with Crippen LogP contribution >= 0.6 is 11.6 Å². The van der Waals surface area contributed by atoms with E-state index in [1.54, 1.807) is 16.4 Å². The molecule has 1 aromatic carbocycles. The smallest absolute Gasteiger partial charge is 0.245 e. The van der Waals surface area contributed by atoms with Crippen molar-refractivity contribution in [1.29, 1.82) is 0 Å². The van der Waals surface area contributed by atoms with E-state index in [0.29, 0.717) is 11.6 Å². The van der Waals surface area contributed by atoms with E-state index in [-0.39, 0.29) is 16.6 Å². The van der Waals surface area contributed by atoms with E-state index in [2.05, 4.69) is 0 Å². The van der Waals surface area contributed by atoms with Gasteiger partial charge in [0.25, 0.3) is 0 Å². The monoisotopic (exact) mass is 302 g/mol. The van der Waals surface area contributed by atoms with Crippen LogP contribution < -0.4 is 5.73 Å². The van der Waals surface area contributed by atoms with Crippen LogP contribution in [0.1, 0.15) is 32.6 Å². The molecule has 4 nitrogen and oxygen atoms in total. The van der Waals surface area contributed by atoms with E-state index < -0.39 is 10.0 Å². The highest BCUT2D eigenvalue weighted by atomic mass is 35.5. The molecule has 2 rings (SSSR count). The Morgan fingerprint density at radius 1 is 1.42 bits per heavy atom. The molecule has 1 aliphatic heterocycles. The average molecular weight is 303 g/mol. The van der Waals surface area contributed by atoms with Crippen molar-refractivity contribution in [3.05, 3.63) is 23.2 Å². The van der Waals surface area contributed by atoms with E-state index in [9.17, 15) is 8.42 Å². The number of benzene rings is 1. The van der Waals surface area contributed by atoms with Gasteiger partial charge >= 0.3 is 0 Å². The standard InChI is InChI=1S/C13H19ClN2O2S/c1-2-11-5-3-4-8-16(11)19(17,18)13-9-10(14)6-7-12(13)15/h6-7,9,11H,2-5,8,15H2,1H3. The van der Waals surface area contributed by atoms with Crippen LogP contribution in [-0.2, 0) is 10.0 Å². The number of hydrogen-bond acceptors (Lipinski definition) is 3. The molecule has 1 aliphatic rings.